The summed E-state index contributed by atoms with van der Waals surface area (Å²) in [6.45, 7) is 0.422. The van der Waals surface area contributed by atoms with E-state index >= 15 is 0 Å². The van der Waals surface area contributed by atoms with Crippen LogP contribution in [-0.4, -0.2) is 10.1 Å². The third-order valence-corrected chi connectivity index (χ3v) is 2.17. The zero-order valence-electron chi connectivity index (χ0n) is 6.84. The summed E-state index contributed by atoms with van der Waals surface area (Å²) in [6, 6.07) is 5.16. The van der Waals surface area contributed by atoms with Crippen molar-refractivity contribution in [1.29, 1.82) is 0 Å². The second-order valence-electron chi connectivity index (χ2n) is 2.89. The summed E-state index contributed by atoms with van der Waals surface area (Å²) in [5.41, 5.74) is 7.02. The van der Waals surface area contributed by atoms with Gasteiger partial charge in [-0.1, -0.05) is 11.6 Å². The monoisotopic (exact) mass is 196 g/mol. The van der Waals surface area contributed by atoms with E-state index in [-0.39, 0.29) is 5.75 Å². The molecule has 1 heterocycles. The first-order chi connectivity index (χ1) is 6.20. The molecule has 4 heteroatoms. The van der Waals surface area contributed by atoms with Gasteiger partial charge in [-0.2, -0.15) is 0 Å². The van der Waals surface area contributed by atoms with Crippen LogP contribution in [0, 0.1) is 0 Å². The summed E-state index contributed by atoms with van der Waals surface area (Å²) >= 11 is 5.77. The topological polar surface area (TPSA) is 62.0 Å². The molecule has 1 aromatic heterocycles. The number of hydrogen-bond acceptors (Lipinski definition) is 2. The predicted octanol–water partition coefficient (Wildman–Crippen LogP) is 1.99. The Labute approximate surface area is 80.1 Å². The number of nitrogens with one attached hydrogen (secondary N) is 1. The maximum absolute atomic E-state index is 9.50. The van der Waals surface area contributed by atoms with Gasteiger partial charge < -0.3 is 15.8 Å². The number of phenolic OH excluding ortho intramolecular Hbond substituents is 1. The molecule has 0 fully saturated rings. The first-order valence-electron chi connectivity index (χ1n) is 3.91. The van der Waals surface area contributed by atoms with Gasteiger partial charge in [0, 0.05) is 28.7 Å². The van der Waals surface area contributed by atoms with E-state index in [0.29, 0.717) is 17.1 Å². The van der Waals surface area contributed by atoms with Crippen molar-refractivity contribution in [1.82, 2.24) is 4.98 Å². The molecule has 0 bridgehead atoms. The molecule has 0 spiro atoms. The minimum absolute atomic E-state index is 0.155. The minimum Gasteiger partial charge on any atom is -0.506 e. The highest BCUT2D eigenvalue weighted by Gasteiger charge is 2.05. The number of H-pyrrole nitrogens is 1. The zero-order chi connectivity index (χ0) is 9.42. The Hall–Kier alpha value is -1.19. The minimum atomic E-state index is 0.155. The second-order valence-corrected chi connectivity index (χ2v) is 3.32. The highest BCUT2D eigenvalue weighted by atomic mass is 35.5. The number of rotatable bonds is 1. The molecule has 0 aliphatic heterocycles. The van der Waals surface area contributed by atoms with Crippen LogP contribution < -0.4 is 5.73 Å². The fourth-order valence-corrected chi connectivity index (χ4v) is 1.58. The van der Waals surface area contributed by atoms with Gasteiger partial charge in [0.15, 0.2) is 0 Å². The first kappa shape index (κ1) is 8.41. The molecule has 0 aliphatic carbocycles. The van der Waals surface area contributed by atoms with Crippen molar-refractivity contribution in [3.63, 3.8) is 0 Å². The lowest BCUT2D eigenvalue weighted by Gasteiger charge is -1.95. The molecule has 2 rings (SSSR count). The number of aromatic hydroxyl groups is 1. The molecule has 3 nitrogen and oxygen atoms in total. The SMILES string of the molecule is NCc1cc2cc(Cl)cc(O)c2[nH]1. The maximum atomic E-state index is 9.50. The average Bonchev–Trinajstić information content (AvgIpc) is 2.47. The largest absolute Gasteiger partial charge is 0.506 e. The summed E-state index contributed by atoms with van der Waals surface area (Å²) in [5.74, 6) is 0.155. The summed E-state index contributed by atoms with van der Waals surface area (Å²) in [4.78, 5) is 3.01. The Morgan fingerprint density at radius 3 is 2.85 bits per heavy atom. The van der Waals surface area contributed by atoms with Crippen molar-refractivity contribution in [2.45, 2.75) is 6.54 Å². The number of benzene rings is 1. The Bertz CT molecular complexity index is 450. The zero-order valence-corrected chi connectivity index (χ0v) is 7.60. The third kappa shape index (κ3) is 1.36. The molecule has 13 heavy (non-hydrogen) atoms. The average molecular weight is 197 g/mol. The number of hydrogen-bond donors (Lipinski definition) is 3. The number of fused-ring (bicyclic) bond motifs is 1. The van der Waals surface area contributed by atoms with Gasteiger partial charge in [0.1, 0.15) is 5.75 Å². The van der Waals surface area contributed by atoms with E-state index in [9.17, 15) is 5.11 Å². The van der Waals surface area contributed by atoms with Crippen molar-refractivity contribution in [2.24, 2.45) is 5.73 Å². The van der Waals surface area contributed by atoms with Gasteiger partial charge in [-0.25, -0.2) is 0 Å². The smallest absolute Gasteiger partial charge is 0.141 e. The molecule has 0 saturated heterocycles. The van der Waals surface area contributed by atoms with E-state index in [1.807, 2.05) is 6.07 Å². The lowest BCUT2D eigenvalue weighted by molar-refractivity contribution is 0.480. The molecule has 0 amide bonds. The highest BCUT2D eigenvalue weighted by molar-refractivity contribution is 6.31. The van der Waals surface area contributed by atoms with Crippen LogP contribution in [0.15, 0.2) is 18.2 Å². The Morgan fingerprint density at radius 2 is 2.15 bits per heavy atom. The van der Waals surface area contributed by atoms with Crippen molar-refractivity contribution in [2.75, 3.05) is 0 Å². The number of aromatic nitrogens is 1. The molecular weight excluding hydrogens is 188 g/mol. The molecule has 4 N–H and O–H groups in total. The lowest BCUT2D eigenvalue weighted by Crippen LogP contribution is -1.94. The van der Waals surface area contributed by atoms with Gasteiger partial charge in [0.05, 0.1) is 5.52 Å². The molecule has 0 radical (unpaired) electrons. The summed E-state index contributed by atoms with van der Waals surface area (Å²) in [6.07, 6.45) is 0. The molecule has 0 unspecified atom stereocenters. The van der Waals surface area contributed by atoms with Crippen LogP contribution in [0.3, 0.4) is 0 Å². The lowest BCUT2D eigenvalue weighted by atomic mass is 10.2. The van der Waals surface area contributed by atoms with Crippen molar-refractivity contribution >= 4 is 22.5 Å². The van der Waals surface area contributed by atoms with Crippen LogP contribution in [0.5, 0.6) is 5.75 Å². The Balaban J connectivity index is 2.75. The normalized spacial score (nSPS) is 10.9. The van der Waals surface area contributed by atoms with E-state index in [0.717, 1.165) is 11.1 Å². The van der Waals surface area contributed by atoms with E-state index in [1.165, 1.54) is 6.07 Å². The first-order valence-corrected chi connectivity index (χ1v) is 4.28. The van der Waals surface area contributed by atoms with Gasteiger partial charge >= 0.3 is 0 Å². The molecule has 0 aliphatic rings. The van der Waals surface area contributed by atoms with E-state index < -0.39 is 0 Å². The summed E-state index contributed by atoms with van der Waals surface area (Å²) in [5, 5.41) is 10.9. The standard InChI is InChI=1S/C9H9ClN2O/c10-6-1-5-2-7(4-11)12-9(5)8(13)3-6/h1-3,12-13H,4,11H2. The van der Waals surface area contributed by atoms with Crippen LogP contribution in [0.25, 0.3) is 10.9 Å². The van der Waals surface area contributed by atoms with E-state index in [4.69, 9.17) is 17.3 Å². The van der Waals surface area contributed by atoms with Crippen LogP contribution >= 0.6 is 11.6 Å². The van der Waals surface area contributed by atoms with Gasteiger partial charge in [-0.05, 0) is 12.1 Å². The molecular formula is C9H9ClN2O. The molecule has 2 aromatic rings. The molecule has 0 saturated carbocycles. The van der Waals surface area contributed by atoms with Crippen molar-refractivity contribution < 1.29 is 5.11 Å². The van der Waals surface area contributed by atoms with Crippen LogP contribution in [0.4, 0.5) is 0 Å². The number of aromatic amines is 1. The quantitative estimate of drug-likeness (QED) is 0.653. The van der Waals surface area contributed by atoms with E-state index in [2.05, 4.69) is 4.98 Å². The Kier molecular flexibility index (Phi) is 1.90. The second kappa shape index (κ2) is 2.94. The number of phenols is 1. The molecule has 1 aromatic carbocycles. The van der Waals surface area contributed by atoms with Gasteiger partial charge in [0.25, 0.3) is 0 Å². The molecule has 0 atom stereocenters. The molecule has 68 valence electrons. The van der Waals surface area contributed by atoms with Crippen LogP contribution in [0.1, 0.15) is 5.69 Å². The van der Waals surface area contributed by atoms with E-state index in [1.54, 1.807) is 6.07 Å². The number of nitrogens with two attached hydrogens (primary N) is 1. The summed E-state index contributed by atoms with van der Waals surface area (Å²) in [7, 11) is 0. The van der Waals surface area contributed by atoms with Crippen LogP contribution in [0.2, 0.25) is 5.02 Å². The van der Waals surface area contributed by atoms with Gasteiger partial charge in [-0.15, -0.1) is 0 Å². The maximum Gasteiger partial charge on any atom is 0.141 e. The highest BCUT2D eigenvalue weighted by Crippen LogP contribution is 2.28. The van der Waals surface area contributed by atoms with Crippen molar-refractivity contribution in [3.05, 3.63) is 28.9 Å². The number of halogens is 1. The van der Waals surface area contributed by atoms with Crippen molar-refractivity contribution in [3.8, 4) is 5.75 Å². The van der Waals surface area contributed by atoms with Crippen LogP contribution in [-0.2, 0) is 6.54 Å². The third-order valence-electron chi connectivity index (χ3n) is 1.95. The summed E-state index contributed by atoms with van der Waals surface area (Å²) < 4.78 is 0. The van der Waals surface area contributed by atoms with Gasteiger partial charge in [-0.3, -0.25) is 0 Å². The predicted molar refractivity (Wildman–Crippen MR) is 52.9 cm³/mol. The van der Waals surface area contributed by atoms with Gasteiger partial charge in [0.2, 0.25) is 0 Å². The fraction of sp³-hybridized carbons (Fsp3) is 0.111. The fourth-order valence-electron chi connectivity index (χ4n) is 1.36. The Morgan fingerprint density at radius 1 is 1.38 bits per heavy atom.